The van der Waals surface area contributed by atoms with Gasteiger partial charge >= 0.3 is 6.09 Å². The first-order chi connectivity index (χ1) is 7.87. The maximum Gasteiger partial charge on any atom is 0.407 e. The number of nitrogens with one attached hydrogen (secondary N) is 2. The first-order valence-corrected chi connectivity index (χ1v) is 6.28. The smallest absolute Gasteiger partial charge is 0.407 e. The van der Waals surface area contributed by atoms with Crippen LogP contribution >= 0.6 is 0 Å². The Balaban J connectivity index is 1.92. The Morgan fingerprint density at radius 3 is 2.59 bits per heavy atom. The van der Waals surface area contributed by atoms with E-state index in [-0.39, 0.29) is 12.1 Å². The molecule has 3 aliphatic rings. The number of fused-ring (bicyclic) bond motifs is 3. The van der Waals surface area contributed by atoms with Crippen molar-refractivity contribution in [3.05, 3.63) is 0 Å². The lowest BCUT2D eigenvalue weighted by molar-refractivity contribution is -0.0132. The highest BCUT2D eigenvalue weighted by molar-refractivity contribution is 5.68. The molecule has 2 heterocycles. The molecule has 0 aromatic rings. The van der Waals surface area contributed by atoms with E-state index in [4.69, 9.17) is 4.74 Å². The predicted octanol–water partition coefficient (Wildman–Crippen LogP) is 0.622. The van der Waals surface area contributed by atoms with E-state index < -0.39 is 17.8 Å². The van der Waals surface area contributed by atoms with E-state index in [1.165, 1.54) is 0 Å². The van der Waals surface area contributed by atoms with Crippen LogP contribution in [0.15, 0.2) is 0 Å². The lowest BCUT2D eigenvalue weighted by Crippen LogP contribution is -2.66. The molecule has 98 valence electrons. The van der Waals surface area contributed by atoms with Gasteiger partial charge in [-0.3, -0.25) is 0 Å². The monoisotopic (exact) mass is 242 g/mol. The van der Waals surface area contributed by atoms with Gasteiger partial charge in [0.1, 0.15) is 5.60 Å². The van der Waals surface area contributed by atoms with E-state index >= 15 is 0 Å². The predicted molar refractivity (Wildman–Crippen MR) is 63.7 cm³/mol. The van der Waals surface area contributed by atoms with Crippen molar-refractivity contribution < 1.29 is 14.6 Å². The zero-order valence-electron chi connectivity index (χ0n) is 10.7. The van der Waals surface area contributed by atoms with Gasteiger partial charge in [0.15, 0.2) is 0 Å². The molecule has 0 spiro atoms. The molecule has 0 radical (unpaired) electrons. The number of hydrogen-bond donors (Lipinski definition) is 3. The third-order valence-corrected chi connectivity index (χ3v) is 3.46. The molecule has 3 rings (SSSR count). The van der Waals surface area contributed by atoms with E-state index in [0.29, 0.717) is 5.92 Å². The Labute approximate surface area is 102 Å². The lowest BCUT2D eigenvalue weighted by Gasteiger charge is -2.46. The van der Waals surface area contributed by atoms with Gasteiger partial charge in [0, 0.05) is 12.6 Å². The van der Waals surface area contributed by atoms with Crippen molar-refractivity contribution in [3.63, 3.8) is 0 Å². The summed E-state index contributed by atoms with van der Waals surface area (Å²) in [5.41, 5.74) is -0.499. The maximum absolute atomic E-state index is 11.7. The largest absolute Gasteiger partial charge is 0.444 e. The summed E-state index contributed by atoms with van der Waals surface area (Å²) in [6, 6.07) is -0.0650. The number of amides is 1. The van der Waals surface area contributed by atoms with Gasteiger partial charge in [-0.15, -0.1) is 0 Å². The number of aliphatic hydroxyl groups is 1. The van der Waals surface area contributed by atoms with E-state index in [2.05, 4.69) is 10.6 Å². The summed E-state index contributed by atoms with van der Waals surface area (Å²) in [6.07, 6.45) is 1.09. The third kappa shape index (κ3) is 2.90. The number of hydrogen-bond acceptors (Lipinski definition) is 4. The van der Waals surface area contributed by atoms with Crippen LogP contribution < -0.4 is 10.6 Å². The van der Waals surface area contributed by atoms with E-state index in [1.807, 2.05) is 20.8 Å². The van der Waals surface area contributed by atoms with Gasteiger partial charge in [-0.1, -0.05) is 0 Å². The first kappa shape index (κ1) is 12.6. The Morgan fingerprint density at radius 2 is 2.12 bits per heavy atom. The zero-order chi connectivity index (χ0) is 12.6. The topological polar surface area (TPSA) is 70.6 Å². The fraction of sp³-hybridized carbons (Fsp3) is 0.917. The molecule has 5 heteroatoms. The van der Waals surface area contributed by atoms with Gasteiger partial charge in [0.05, 0.1) is 12.1 Å². The number of rotatable bonds is 1. The molecule has 4 atom stereocenters. The summed E-state index contributed by atoms with van der Waals surface area (Å²) in [5, 5.41) is 16.2. The van der Waals surface area contributed by atoms with Crippen molar-refractivity contribution >= 4 is 6.09 Å². The van der Waals surface area contributed by atoms with Crippen molar-refractivity contribution in [1.82, 2.24) is 10.6 Å². The number of ether oxygens (including phenoxy) is 1. The summed E-state index contributed by atoms with van der Waals surface area (Å²) >= 11 is 0. The summed E-state index contributed by atoms with van der Waals surface area (Å²) in [5.74, 6) is 0.308. The van der Waals surface area contributed by atoms with Crippen molar-refractivity contribution in [3.8, 4) is 0 Å². The SMILES string of the molecule is CC(C)(C)OC(=O)NC1C2CCC(NC2)C1O. The van der Waals surface area contributed by atoms with Crippen LogP contribution in [0.2, 0.25) is 0 Å². The number of carbonyl (C=O) groups is 1. The highest BCUT2D eigenvalue weighted by Gasteiger charge is 2.43. The van der Waals surface area contributed by atoms with Crippen molar-refractivity contribution in [2.45, 2.75) is 57.4 Å². The van der Waals surface area contributed by atoms with E-state index in [0.717, 1.165) is 19.4 Å². The highest BCUT2D eigenvalue weighted by Crippen LogP contribution is 2.29. The lowest BCUT2D eigenvalue weighted by atomic mass is 9.75. The van der Waals surface area contributed by atoms with Gasteiger partial charge in [0.25, 0.3) is 0 Å². The van der Waals surface area contributed by atoms with E-state index in [9.17, 15) is 9.90 Å². The third-order valence-electron chi connectivity index (χ3n) is 3.46. The summed E-state index contributed by atoms with van der Waals surface area (Å²) in [7, 11) is 0. The minimum Gasteiger partial charge on any atom is -0.444 e. The molecule has 2 bridgehead atoms. The fourth-order valence-corrected chi connectivity index (χ4v) is 2.67. The van der Waals surface area contributed by atoms with Crippen LogP contribution in [0.5, 0.6) is 0 Å². The number of piperidine rings is 2. The van der Waals surface area contributed by atoms with Crippen molar-refractivity contribution in [2.24, 2.45) is 5.92 Å². The number of aliphatic hydroxyl groups excluding tert-OH is 1. The van der Waals surface area contributed by atoms with Crippen LogP contribution in [0.25, 0.3) is 0 Å². The minimum atomic E-state index is -0.505. The fourth-order valence-electron chi connectivity index (χ4n) is 2.67. The zero-order valence-corrected chi connectivity index (χ0v) is 10.7. The molecule has 3 fully saturated rings. The Hall–Kier alpha value is -0.810. The van der Waals surface area contributed by atoms with E-state index in [1.54, 1.807) is 0 Å². The molecule has 4 unspecified atom stereocenters. The molecule has 1 saturated carbocycles. The van der Waals surface area contributed by atoms with Gasteiger partial charge in [-0.2, -0.15) is 0 Å². The second-order valence-corrected chi connectivity index (χ2v) is 6.01. The van der Waals surface area contributed by atoms with Crippen molar-refractivity contribution in [2.75, 3.05) is 6.54 Å². The van der Waals surface area contributed by atoms with Gasteiger partial charge in [-0.05, 0) is 39.5 Å². The summed E-state index contributed by atoms with van der Waals surface area (Å²) < 4.78 is 5.21. The summed E-state index contributed by atoms with van der Waals surface area (Å²) in [4.78, 5) is 11.7. The molecule has 3 N–H and O–H groups in total. The van der Waals surface area contributed by atoms with Crippen LogP contribution in [0.4, 0.5) is 4.79 Å². The molecule has 2 saturated heterocycles. The standard InChI is InChI=1S/C12H22N2O3/c1-12(2,3)17-11(16)14-9-7-4-5-8(10(9)15)13-6-7/h7-10,13,15H,4-6H2,1-3H3,(H,14,16). The molecular formula is C12H22N2O3. The van der Waals surface area contributed by atoms with Crippen LogP contribution in [-0.2, 0) is 4.74 Å². The maximum atomic E-state index is 11.7. The molecule has 0 aromatic heterocycles. The first-order valence-electron chi connectivity index (χ1n) is 6.28. The average Bonchev–Trinajstić information content (AvgIpc) is 2.21. The summed E-state index contributed by atoms with van der Waals surface area (Å²) in [6.45, 7) is 6.36. The molecule has 2 aliphatic heterocycles. The molecule has 0 aromatic carbocycles. The average molecular weight is 242 g/mol. The van der Waals surface area contributed by atoms with Crippen LogP contribution in [-0.4, -0.2) is 41.5 Å². The van der Waals surface area contributed by atoms with Crippen LogP contribution in [0.1, 0.15) is 33.6 Å². The Bertz CT molecular complexity index is 291. The normalized spacial score (nSPS) is 36.7. The highest BCUT2D eigenvalue weighted by atomic mass is 16.6. The van der Waals surface area contributed by atoms with Gasteiger partial charge in [0.2, 0.25) is 0 Å². The minimum absolute atomic E-state index is 0.111. The number of alkyl carbamates (subject to hydrolysis) is 1. The second-order valence-electron chi connectivity index (χ2n) is 6.01. The van der Waals surface area contributed by atoms with Crippen LogP contribution in [0, 0.1) is 5.92 Å². The van der Waals surface area contributed by atoms with Crippen molar-refractivity contribution in [1.29, 1.82) is 0 Å². The Morgan fingerprint density at radius 1 is 1.41 bits per heavy atom. The molecular weight excluding hydrogens is 220 g/mol. The molecule has 17 heavy (non-hydrogen) atoms. The number of carbonyl (C=O) groups excluding carboxylic acids is 1. The molecule has 5 nitrogen and oxygen atoms in total. The Kier molecular flexibility index (Phi) is 3.32. The van der Waals surface area contributed by atoms with Gasteiger partial charge in [-0.25, -0.2) is 4.79 Å². The molecule has 1 aliphatic carbocycles. The van der Waals surface area contributed by atoms with Crippen LogP contribution in [0.3, 0.4) is 0 Å². The quantitative estimate of drug-likeness (QED) is 0.630. The molecule has 1 amide bonds. The van der Waals surface area contributed by atoms with Gasteiger partial charge < -0.3 is 20.5 Å². The second kappa shape index (κ2) is 4.46.